The number of carbonyl (C=O) groups excluding carboxylic acids is 1. The summed E-state index contributed by atoms with van der Waals surface area (Å²) in [6, 6.07) is 5.08. The van der Waals surface area contributed by atoms with Crippen LogP contribution in [0.2, 0.25) is 0 Å². The lowest BCUT2D eigenvalue weighted by Crippen LogP contribution is -2.37. The number of amides is 1. The average molecular weight is 355 g/mol. The molecule has 2 aromatic rings. The van der Waals surface area contributed by atoms with Gasteiger partial charge in [-0.3, -0.25) is 4.79 Å². The number of aromatic hydroxyl groups is 1. The van der Waals surface area contributed by atoms with Gasteiger partial charge in [-0.1, -0.05) is 11.6 Å². The molecular weight excluding hydrogens is 330 g/mol. The van der Waals surface area contributed by atoms with Crippen LogP contribution in [0.4, 0.5) is 11.8 Å². The standard InChI is InChI=1S/C19H25N5O2/c1-12-6-7-16(25)14(10-12)18(26)24-9-8-13-15(11-24)20-19(23(4)5)21-17(13)22(2)3/h6-7,10,25H,8-9,11H2,1-5H3. The summed E-state index contributed by atoms with van der Waals surface area (Å²) in [5, 5.41) is 10.1. The number of fused-ring (bicyclic) bond motifs is 1. The van der Waals surface area contributed by atoms with Gasteiger partial charge in [-0.15, -0.1) is 0 Å². The molecule has 1 aliphatic heterocycles. The number of aromatic nitrogens is 2. The summed E-state index contributed by atoms with van der Waals surface area (Å²) in [4.78, 5) is 27.8. The lowest BCUT2D eigenvalue weighted by atomic mass is 10.0. The first-order chi connectivity index (χ1) is 12.3. The molecule has 0 saturated carbocycles. The Hall–Kier alpha value is -2.83. The van der Waals surface area contributed by atoms with E-state index in [0.717, 1.165) is 22.6 Å². The fourth-order valence-corrected chi connectivity index (χ4v) is 3.13. The van der Waals surface area contributed by atoms with E-state index in [9.17, 15) is 9.90 Å². The molecule has 138 valence electrons. The molecule has 1 amide bonds. The molecule has 0 saturated heterocycles. The predicted octanol–water partition coefficient (Wildman–Crippen LogP) is 1.82. The minimum Gasteiger partial charge on any atom is -0.507 e. The van der Waals surface area contributed by atoms with Crippen molar-refractivity contribution < 1.29 is 9.90 Å². The zero-order chi connectivity index (χ0) is 19.0. The Bertz CT molecular complexity index is 848. The first-order valence-corrected chi connectivity index (χ1v) is 8.61. The predicted molar refractivity (Wildman–Crippen MR) is 102 cm³/mol. The minimum atomic E-state index is -0.173. The summed E-state index contributed by atoms with van der Waals surface area (Å²) < 4.78 is 0. The molecule has 0 fully saturated rings. The van der Waals surface area contributed by atoms with Gasteiger partial charge in [0.25, 0.3) is 5.91 Å². The van der Waals surface area contributed by atoms with E-state index in [4.69, 9.17) is 0 Å². The normalized spacial score (nSPS) is 13.3. The Morgan fingerprint density at radius 2 is 1.88 bits per heavy atom. The van der Waals surface area contributed by atoms with Crippen LogP contribution in [0.1, 0.15) is 27.2 Å². The van der Waals surface area contributed by atoms with Crippen LogP contribution in [-0.4, -0.2) is 60.6 Å². The van der Waals surface area contributed by atoms with Gasteiger partial charge in [0.2, 0.25) is 5.95 Å². The van der Waals surface area contributed by atoms with Crippen molar-refractivity contribution in [3.63, 3.8) is 0 Å². The average Bonchev–Trinajstić information content (AvgIpc) is 2.61. The maximum atomic E-state index is 12.9. The fraction of sp³-hybridized carbons (Fsp3) is 0.421. The molecule has 7 heteroatoms. The summed E-state index contributed by atoms with van der Waals surface area (Å²) >= 11 is 0. The first-order valence-electron chi connectivity index (χ1n) is 8.61. The van der Waals surface area contributed by atoms with E-state index in [1.54, 1.807) is 23.1 Å². The second-order valence-electron chi connectivity index (χ2n) is 7.06. The van der Waals surface area contributed by atoms with E-state index in [1.165, 1.54) is 0 Å². The molecule has 1 aromatic heterocycles. The lowest BCUT2D eigenvalue weighted by molar-refractivity contribution is 0.0728. The number of hydrogen-bond acceptors (Lipinski definition) is 6. The number of phenolic OH excluding ortho intramolecular Hbond substituents is 1. The van der Waals surface area contributed by atoms with Gasteiger partial charge in [-0.25, -0.2) is 4.98 Å². The molecule has 1 N–H and O–H groups in total. The van der Waals surface area contributed by atoms with Crippen molar-refractivity contribution in [3.8, 4) is 5.75 Å². The van der Waals surface area contributed by atoms with E-state index in [1.807, 2.05) is 44.9 Å². The van der Waals surface area contributed by atoms with E-state index in [0.29, 0.717) is 31.0 Å². The van der Waals surface area contributed by atoms with E-state index in [-0.39, 0.29) is 11.7 Å². The first kappa shape index (κ1) is 18.0. The molecule has 26 heavy (non-hydrogen) atoms. The molecule has 0 spiro atoms. The van der Waals surface area contributed by atoms with Crippen LogP contribution in [0.15, 0.2) is 18.2 Å². The number of nitrogens with zero attached hydrogens (tertiary/aromatic N) is 5. The summed E-state index contributed by atoms with van der Waals surface area (Å²) in [7, 11) is 7.73. The van der Waals surface area contributed by atoms with Gasteiger partial charge in [-0.2, -0.15) is 4.98 Å². The van der Waals surface area contributed by atoms with Gasteiger partial charge < -0.3 is 19.8 Å². The highest BCUT2D eigenvalue weighted by molar-refractivity contribution is 5.97. The summed E-state index contributed by atoms with van der Waals surface area (Å²) in [5.41, 5.74) is 3.22. The van der Waals surface area contributed by atoms with Gasteiger partial charge in [0.15, 0.2) is 0 Å². The van der Waals surface area contributed by atoms with E-state index >= 15 is 0 Å². The van der Waals surface area contributed by atoms with Crippen LogP contribution in [0.5, 0.6) is 5.75 Å². The number of carbonyl (C=O) groups is 1. The Balaban J connectivity index is 1.96. The third-order valence-corrected chi connectivity index (χ3v) is 4.52. The van der Waals surface area contributed by atoms with Crippen molar-refractivity contribution in [2.75, 3.05) is 44.5 Å². The van der Waals surface area contributed by atoms with Crippen LogP contribution in [0.25, 0.3) is 0 Å². The largest absolute Gasteiger partial charge is 0.507 e. The van der Waals surface area contributed by atoms with Crippen molar-refractivity contribution >= 4 is 17.7 Å². The Morgan fingerprint density at radius 3 is 2.54 bits per heavy atom. The summed E-state index contributed by atoms with van der Waals surface area (Å²) in [5.74, 6) is 1.36. The van der Waals surface area contributed by atoms with Crippen LogP contribution in [-0.2, 0) is 13.0 Å². The van der Waals surface area contributed by atoms with Crippen molar-refractivity contribution in [3.05, 3.63) is 40.6 Å². The molecule has 0 atom stereocenters. The molecule has 7 nitrogen and oxygen atoms in total. The molecule has 3 rings (SSSR count). The zero-order valence-electron chi connectivity index (χ0n) is 15.9. The van der Waals surface area contributed by atoms with Crippen LogP contribution < -0.4 is 9.80 Å². The summed E-state index contributed by atoms with van der Waals surface area (Å²) in [6.07, 6.45) is 0.689. The number of anilines is 2. The SMILES string of the molecule is Cc1ccc(O)c(C(=O)N2CCc3c(nc(N(C)C)nc3N(C)C)C2)c1. The second-order valence-corrected chi connectivity index (χ2v) is 7.06. The number of aryl methyl sites for hydroxylation is 1. The lowest BCUT2D eigenvalue weighted by Gasteiger charge is -2.31. The third-order valence-electron chi connectivity index (χ3n) is 4.52. The van der Waals surface area contributed by atoms with Crippen molar-refractivity contribution in [2.45, 2.75) is 19.9 Å². The third kappa shape index (κ3) is 3.29. The highest BCUT2D eigenvalue weighted by Crippen LogP contribution is 2.29. The Kier molecular flexibility index (Phi) is 4.71. The van der Waals surface area contributed by atoms with Crippen LogP contribution in [0.3, 0.4) is 0 Å². The number of phenols is 1. The maximum absolute atomic E-state index is 12.9. The molecule has 0 unspecified atom stereocenters. The molecule has 1 aliphatic rings. The van der Waals surface area contributed by atoms with Gasteiger partial charge in [0.1, 0.15) is 11.6 Å². The molecule has 0 radical (unpaired) electrons. The number of benzene rings is 1. The van der Waals surface area contributed by atoms with Crippen molar-refractivity contribution in [1.29, 1.82) is 0 Å². The molecule has 0 aliphatic carbocycles. The molecule has 0 bridgehead atoms. The monoisotopic (exact) mass is 355 g/mol. The zero-order valence-corrected chi connectivity index (χ0v) is 15.9. The van der Waals surface area contributed by atoms with E-state index < -0.39 is 0 Å². The van der Waals surface area contributed by atoms with Crippen molar-refractivity contribution in [2.24, 2.45) is 0 Å². The molecule has 2 heterocycles. The second kappa shape index (κ2) is 6.82. The maximum Gasteiger partial charge on any atom is 0.257 e. The van der Waals surface area contributed by atoms with Crippen molar-refractivity contribution in [1.82, 2.24) is 14.9 Å². The minimum absolute atomic E-state index is 0.0112. The number of hydrogen-bond donors (Lipinski definition) is 1. The topological polar surface area (TPSA) is 72.8 Å². The van der Waals surface area contributed by atoms with Crippen LogP contribution >= 0.6 is 0 Å². The van der Waals surface area contributed by atoms with Crippen LogP contribution in [0, 0.1) is 6.92 Å². The Morgan fingerprint density at radius 1 is 1.15 bits per heavy atom. The van der Waals surface area contributed by atoms with E-state index in [2.05, 4.69) is 9.97 Å². The summed E-state index contributed by atoms with van der Waals surface area (Å²) in [6.45, 7) is 2.89. The Labute approximate surface area is 153 Å². The number of rotatable bonds is 3. The highest BCUT2D eigenvalue weighted by atomic mass is 16.3. The quantitative estimate of drug-likeness (QED) is 0.905. The van der Waals surface area contributed by atoms with Gasteiger partial charge >= 0.3 is 0 Å². The smallest absolute Gasteiger partial charge is 0.257 e. The van der Waals surface area contributed by atoms with Gasteiger partial charge in [-0.05, 0) is 25.5 Å². The molecular formula is C19H25N5O2. The van der Waals surface area contributed by atoms with Gasteiger partial charge in [0.05, 0.1) is 17.8 Å². The van der Waals surface area contributed by atoms with Gasteiger partial charge in [0, 0.05) is 40.3 Å². The fourth-order valence-electron chi connectivity index (χ4n) is 3.13. The molecule has 1 aromatic carbocycles. The highest BCUT2D eigenvalue weighted by Gasteiger charge is 2.28.